The number of hydrogen-bond donors (Lipinski definition) is 3. The average molecular weight is 262 g/mol. The highest BCUT2D eigenvalue weighted by Crippen LogP contribution is 2.28. The summed E-state index contributed by atoms with van der Waals surface area (Å²) in [6.45, 7) is 0.488. The van der Waals surface area contributed by atoms with Crippen molar-refractivity contribution in [1.82, 2.24) is 5.32 Å². The first-order valence-corrected chi connectivity index (χ1v) is 6.91. The van der Waals surface area contributed by atoms with Crippen molar-refractivity contribution in [2.24, 2.45) is 5.73 Å². The van der Waals surface area contributed by atoms with Crippen LogP contribution < -0.4 is 11.1 Å². The van der Waals surface area contributed by atoms with Gasteiger partial charge in [0.25, 0.3) is 5.91 Å². The van der Waals surface area contributed by atoms with Gasteiger partial charge < -0.3 is 16.2 Å². The summed E-state index contributed by atoms with van der Waals surface area (Å²) in [5.41, 5.74) is 6.73. The number of carbonyl (C=O) groups excluding carboxylic acids is 1. The number of nitrogens with one attached hydrogen (secondary N) is 1. The molecule has 1 aromatic carbocycles. The number of amides is 1. The van der Waals surface area contributed by atoms with Crippen LogP contribution in [0.25, 0.3) is 0 Å². The Labute approximate surface area is 114 Å². The molecular weight excluding hydrogens is 240 g/mol. The van der Waals surface area contributed by atoms with E-state index in [1.807, 2.05) is 12.1 Å². The molecule has 0 unspecified atom stereocenters. The standard InChI is InChI=1S/C15H22N2O2/c16-10-12-4-6-13(7-5-12)14(19)17-15(11-18)8-2-1-3-9-15/h4-7,18H,1-3,8-11,16H2,(H,17,19). The molecule has 4 heteroatoms. The third-order valence-electron chi connectivity index (χ3n) is 3.94. The second kappa shape index (κ2) is 6.17. The zero-order valence-electron chi connectivity index (χ0n) is 11.2. The molecule has 0 aliphatic heterocycles. The van der Waals surface area contributed by atoms with E-state index in [2.05, 4.69) is 5.32 Å². The maximum absolute atomic E-state index is 12.2. The Bertz CT molecular complexity index is 422. The number of aliphatic hydroxyl groups excluding tert-OH is 1. The summed E-state index contributed by atoms with van der Waals surface area (Å²) in [4.78, 5) is 12.2. The van der Waals surface area contributed by atoms with Crippen molar-refractivity contribution in [1.29, 1.82) is 0 Å². The van der Waals surface area contributed by atoms with Gasteiger partial charge in [-0.15, -0.1) is 0 Å². The van der Waals surface area contributed by atoms with Crippen LogP contribution in [0.15, 0.2) is 24.3 Å². The highest BCUT2D eigenvalue weighted by molar-refractivity contribution is 5.94. The fourth-order valence-corrected chi connectivity index (χ4v) is 2.66. The number of rotatable bonds is 4. The Kier molecular flexibility index (Phi) is 4.56. The van der Waals surface area contributed by atoms with E-state index in [4.69, 9.17) is 5.73 Å². The molecule has 19 heavy (non-hydrogen) atoms. The predicted octanol–water partition coefficient (Wildman–Crippen LogP) is 1.57. The van der Waals surface area contributed by atoms with Crippen molar-refractivity contribution in [2.45, 2.75) is 44.2 Å². The molecule has 1 amide bonds. The van der Waals surface area contributed by atoms with Crippen LogP contribution in [-0.4, -0.2) is 23.2 Å². The van der Waals surface area contributed by atoms with Crippen LogP contribution in [0.4, 0.5) is 0 Å². The summed E-state index contributed by atoms with van der Waals surface area (Å²) >= 11 is 0. The van der Waals surface area contributed by atoms with Gasteiger partial charge in [-0.2, -0.15) is 0 Å². The Morgan fingerprint density at radius 3 is 2.37 bits per heavy atom. The number of aliphatic hydroxyl groups is 1. The minimum absolute atomic E-state index is 0.0135. The third kappa shape index (κ3) is 3.33. The van der Waals surface area contributed by atoms with Gasteiger partial charge in [-0.25, -0.2) is 0 Å². The van der Waals surface area contributed by atoms with Gasteiger partial charge >= 0.3 is 0 Å². The highest BCUT2D eigenvalue weighted by atomic mass is 16.3. The summed E-state index contributed by atoms with van der Waals surface area (Å²) in [6, 6.07) is 7.29. The van der Waals surface area contributed by atoms with Crippen LogP contribution in [0.3, 0.4) is 0 Å². The third-order valence-corrected chi connectivity index (χ3v) is 3.94. The van der Waals surface area contributed by atoms with E-state index in [9.17, 15) is 9.90 Å². The average Bonchev–Trinajstić information content (AvgIpc) is 2.48. The summed E-state index contributed by atoms with van der Waals surface area (Å²) in [6.07, 6.45) is 5.02. The molecule has 4 nitrogen and oxygen atoms in total. The lowest BCUT2D eigenvalue weighted by Crippen LogP contribution is -2.52. The van der Waals surface area contributed by atoms with Crippen LogP contribution in [0.2, 0.25) is 0 Å². The molecule has 4 N–H and O–H groups in total. The number of nitrogens with two attached hydrogens (primary N) is 1. The van der Waals surface area contributed by atoms with Crippen molar-refractivity contribution in [3.05, 3.63) is 35.4 Å². The van der Waals surface area contributed by atoms with E-state index in [1.54, 1.807) is 12.1 Å². The van der Waals surface area contributed by atoms with E-state index in [-0.39, 0.29) is 12.5 Å². The summed E-state index contributed by atoms with van der Waals surface area (Å²) < 4.78 is 0. The van der Waals surface area contributed by atoms with Crippen LogP contribution in [0.1, 0.15) is 48.0 Å². The molecule has 1 aliphatic rings. The monoisotopic (exact) mass is 262 g/mol. The van der Waals surface area contributed by atoms with E-state index in [0.29, 0.717) is 12.1 Å². The Morgan fingerprint density at radius 2 is 1.84 bits per heavy atom. The van der Waals surface area contributed by atoms with Gasteiger partial charge in [-0.1, -0.05) is 31.4 Å². The molecule has 0 heterocycles. The van der Waals surface area contributed by atoms with Crippen molar-refractivity contribution < 1.29 is 9.90 Å². The number of hydrogen-bond acceptors (Lipinski definition) is 3. The summed E-state index contributed by atoms with van der Waals surface area (Å²) in [5, 5.41) is 12.6. The fourth-order valence-electron chi connectivity index (χ4n) is 2.66. The molecule has 1 aromatic rings. The lowest BCUT2D eigenvalue weighted by atomic mass is 9.82. The molecule has 0 aromatic heterocycles. The first kappa shape index (κ1) is 14.0. The molecule has 1 saturated carbocycles. The minimum atomic E-state index is -0.429. The number of benzene rings is 1. The first-order valence-electron chi connectivity index (χ1n) is 6.91. The molecule has 0 saturated heterocycles. The quantitative estimate of drug-likeness (QED) is 0.771. The molecule has 0 atom stereocenters. The van der Waals surface area contributed by atoms with Gasteiger partial charge in [0.05, 0.1) is 12.1 Å². The largest absolute Gasteiger partial charge is 0.394 e. The van der Waals surface area contributed by atoms with Crippen LogP contribution in [-0.2, 0) is 6.54 Å². The van der Waals surface area contributed by atoms with E-state index >= 15 is 0 Å². The molecule has 2 rings (SSSR count). The zero-order valence-corrected chi connectivity index (χ0v) is 11.2. The fraction of sp³-hybridized carbons (Fsp3) is 0.533. The van der Waals surface area contributed by atoms with Crippen LogP contribution in [0.5, 0.6) is 0 Å². The van der Waals surface area contributed by atoms with Gasteiger partial charge in [-0.05, 0) is 30.5 Å². The van der Waals surface area contributed by atoms with Crippen molar-refractivity contribution in [3.8, 4) is 0 Å². The minimum Gasteiger partial charge on any atom is -0.394 e. The topological polar surface area (TPSA) is 75.4 Å². The maximum atomic E-state index is 12.2. The van der Waals surface area contributed by atoms with Crippen molar-refractivity contribution in [3.63, 3.8) is 0 Å². The van der Waals surface area contributed by atoms with Gasteiger partial charge in [0, 0.05) is 12.1 Å². The molecule has 0 bridgehead atoms. The smallest absolute Gasteiger partial charge is 0.251 e. The van der Waals surface area contributed by atoms with E-state index in [1.165, 1.54) is 6.42 Å². The van der Waals surface area contributed by atoms with Crippen LogP contribution in [0, 0.1) is 0 Å². The normalized spacial score (nSPS) is 18.0. The van der Waals surface area contributed by atoms with E-state index in [0.717, 1.165) is 31.2 Å². The molecule has 1 fully saturated rings. The predicted molar refractivity (Wildman–Crippen MR) is 74.7 cm³/mol. The maximum Gasteiger partial charge on any atom is 0.251 e. The van der Waals surface area contributed by atoms with Gasteiger partial charge in [0.15, 0.2) is 0 Å². The molecule has 0 radical (unpaired) electrons. The lowest BCUT2D eigenvalue weighted by molar-refractivity contribution is 0.0758. The SMILES string of the molecule is NCc1ccc(C(=O)NC2(CO)CCCCC2)cc1. The molecule has 1 aliphatic carbocycles. The van der Waals surface area contributed by atoms with E-state index < -0.39 is 5.54 Å². The van der Waals surface area contributed by atoms with Crippen molar-refractivity contribution >= 4 is 5.91 Å². The Morgan fingerprint density at radius 1 is 1.21 bits per heavy atom. The van der Waals surface area contributed by atoms with Gasteiger partial charge in [0.2, 0.25) is 0 Å². The second-order valence-electron chi connectivity index (χ2n) is 5.35. The summed E-state index contributed by atoms with van der Waals surface area (Å²) in [7, 11) is 0. The Balaban J connectivity index is 2.06. The van der Waals surface area contributed by atoms with Gasteiger partial charge in [0.1, 0.15) is 0 Å². The number of carbonyl (C=O) groups is 1. The molecule has 0 spiro atoms. The Hall–Kier alpha value is -1.39. The zero-order chi connectivity index (χ0) is 13.7. The second-order valence-corrected chi connectivity index (χ2v) is 5.35. The lowest BCUT2D eigenvalue weighted by Gasteiger charge is -2.36. The first-order chi connectivity index (χ1) is 9.19. The van der Waals surface area contributed by atoms with Gasteiger partial charge in [-0.3, -0.25) is 4.79 Å². The highest BCUT2D eigenvalue weighted by Gasteiger charge is 2.32. The molecular formula is C15H22N2O2. The van der Waals surface area contributed by atoms with Crippen LogP contribution >= 0.6 is 0 Å². The van der Waals surface area contributed by atoms with Crippen molar-refractivity contribution in [2.75, 3.05) is 6.61 Å². The summed E-state index contributed by atoms with van der Waals surface area (Å²) in [5.74, 6) is -0.112. The molecule has 104 valence electrons.